The van der Waals surface area contributed by atoms with Crippen LogP contribution in [0.3, 0.4) is 0 Å². The van der Waals surface area contributed by atoms with Gasteiger partial charge >= 0.3 is 0 Å². The first-order valence-corrected chi connectivity index (χ1v) is 10.4. The molecule has 4 nitrogen and oxygen atoms in total. The van der Waals surface area contributed by atoms with Gasteiger partial charge in [-0.05, 0) is 36.8 Å². The van der Waals surface area contributed by atoms with Gasteiger partial charge in [-0.25, -0.2) is 0 Å². The van der Waals surface area contributed by atoms with Crippen LogP contribution in [0.15, 0.2) is 60.7 Å². The quantitative estimate of drug-likeness (QED) is 0.741. The maximum absolute atomic E-state index is 13.7. The zero-order valence-electron chi connectivity index (χ0n) is 16.9. The lowest BCUT2D eigenvalue weighted by Gasteiger charge is -2.44. The van der Waals surface area contributed by atoms with Crippen LogP contribution in [0.1, 0.15) is 49.7 Å². The molecule has 2 aliphatic rings. The van der Waals surface area contributed by atoms with Crippen LogP contribution in [-0.2, 0) is 26.3 Å². The third kappa shape index (κ3) is 3.31. The Morgan fingerprint density at radius 1 is 0.828 bits per heavy atom. The number of ketones is 2. The molecule has 2 aromatic carbocycles. The zero-order chi connectivity index (χ0) is 20.5. The SMILES string of the molecule is CN(Cc1ccccc1)C(=O)C1(c2ccccc2)CCC2(CC1)C(=O)CCC2=O. The molecule has 2 saturated carbocycles. The van der Waals surface area contributed by atoms with Crippen molar-refractivity contribution < 1.29 is 14.4 Å². The summed E-state index contributed by atoms with van der Waals surface area (Å²) in [5.74, 6) is 0.226. The Hall–Kier alpha value is -2.75. The number of rotatable bonds is 4. The van der Waals surface area contributed by atoms with Gasteiger partial charge in [-0.1, -0.05) is 60.7 Å². The summed E-state index contributed by atoms with van der Waals surface area (Å²) in [4.78, 5) is 40.6. The second-order valence-corrected chi connectivity index (χ2v) is 8.52. The number of nitrogens with zero attached hydrogens (tertiary/aromatic N) is 1. The molecule has 4 heteroatoms. The van der Waals surface area contributed by atoms with Crippen molar-refractivity contribution in [1.82, 2.24) is 4.90 Å². The maximum atomic E-state index is 13.7. The molecule has 0 radical (unpaired) electrons. The number of carbonyl (C=O) groups is 3. The van der Waals surface area contributed by atoms with Gasteiger partial charge in [0.2, 0.25) is 5.91 Å². The molecule has 0 atom stereocenters. The van der Waals surface area contributed by atoms with Crippen molar-refractivity contribution in [2.75, 3.05) is 7.05 Å². The van der Waals surface area contributed by atoms with E-state index in [0.29, 0.717) is 45.1 Å². The third-order valence-corrected chi connectivity index (χ3v) is 6.95. The molecule has 0 saturated heterocycles. The Bertz CT molecular complexity index is 894. The molecule has 0 heterocycles. The van der Waals surface area contributed by atoms with E-state index in [1.165, 1.54) is 0 Å². The van der Waals surface area contributed by atoms with Crippen LogP contribution in [-0.4, -0.2) is 29.4 Å². The van der Waals surface area contributed by atoms with E-state index in [9.17, 15) is 14.4 Å². The summed E-state index contributed by atoms with van der Waals surface area (Å²) in [6, 6.07) is 19.8. The Kier molecular flexibility index (Phi) is 5.12. The fraction of sp³-hybridized carbons (Fsp3) is 0.400. The van der Waals surface area contributed by atoms with Gasteiger partial charge in [-0.3, -0.25) is 14.4 Å². The Morgan fingerprint density at radius 2 is 1.34 bits per heavy atom. The Morgan fingerprint density at radius 3 is 1.90 bits per heavy atom. The second-order valence-electron chi connectivity index (χ2n) is 8.52. The Labute approximate surface area is 171 Å². The van der Waals surface area contributed by atoms with Gasteiger partial charge in [0.25, 0.3) is 0 Å². The van der Waals surface area contributed by atoms with E-state index < -0.39 is 10.8 Å². The van der Waals surface area contributed by atoms with Crippen molar-refractivity contribution in [3.63, 3.8) is 0 Å². The van der Waals surface area contributed by atoms with Crippen LogP contribution >= 0.6 is 0 Å². The lowest BCUT2D eigenvalue weighted by molar-refractivity contribution is -0.145. The van der Waals surface area contributed by atoms with E-state index >= 15 is 0 Å². The Balaban J connectivity index is 1.64. The summed E-state index contributed by atoms with van der Waals surface area (Å²) in [5, 5.41) is 0. The van der Waals surface area contributed by atoms with Gasteiger partial charge in [-0.2, -0.15) is 0 Å². The number of Topliss-reactive ketones (excluding diaryl/α,β-unsaturated/α-hetero) is 2. The predicted octanol–water partition coefficient (Wildman–Crippen LogP) is 4.08. The zero-order valence-corrected chi connectivity index (χ0v) is 16.9. The largest absolute Gasteiger partial charge is 0.341 e. The van der Waals surface area contributed by atoms with Gasteiger partial charge in [0.15, 0.2) is 0 Å². The molecule has 0 N–H and O–H groups in total. The standard InChI is InChI=1S/C25H27NO3/c1-26(18-19-8-4-2-5-9-19)23(29)24(20-10-6-3-7-11-20)14-16-25(17-15-24)21(27)12-13-22(25)28/h2-11H,12-18H2,1H3. The molecule has 0 bridgehead atoms. The molecule has 1 amide bonds. The van der Waals surface area contributed by atoms with Crippen molar-refractivity contribution in [3.05, 3.63) is 71.8 Å². The van der Waals surface area contributed by atoms with Crippen molar-refractivity contribution in [1.29, 1.82) is 0 Å². The number of carbonyl (C=O) groups excluding carboxylic acids is 3. The lowest BCUT2D eigenvalue weighted by atomic mass is 9.59. The summed E-state index contributed by atoms with van der Waals surface area (Å²) >= 11 is 0. The van der Waals surface area contributed by atoms with Gasteiger partial charge in [0, 0.05) is 26.4 Å². The van der Waals surface area contributed by atoms with Gasteiger partial charge in [0.05, 0.1) is 10.8 Å². The molecule has 0 aliphatic heterocycles. The molecule has 29 heavy (non-hydrogen) atoms. The summed E-state index contributed by atoms with van der Waals surface area (Å²) in [7, 11) is 1.84. The smallest absolute Gasteiger partial charge is 0.233 e. The number of amides is 1. The highest BCUT2D eigenvalue weighted by Gasteiger charge is 2.56. The highest BCUT2D eigenvalue weighted by Crippen LogP contribution is 2.51. The molecule has 2 aromatic rings. The van der Waals surface area contributed by atoms with Crippen molar-refractivity contribution in [3.8, 4) is 0 Å². The average molecular weight is 389 g/mol. The maximum Gasteiger partial charge on any atom is 0.233 e. The highest BCUT2D eigenvalue weighted by molar-refractivity contribution is 6.13. The van der Waals surface area contributed by atoms with Crippen LogP contribution in [0.4, 0.5) is 0 Å². The second kappa shape index (κ2) is 7.58. The summed E-state index contributed by atoms with van der Waals surface area (Å²) < 4.78 is 0. The first-order chi connectivity index (χ1) is 14.0. The fourth-order valence-corrected chi connectivity index (χ4v) is 5.20. The highest BCUT2D eigenvalue weighted by atomic mass is 16.2. The minimum atomic E-state index is -0.837. The van der Waals surface area contributed by atoms with Crippen LogP contribution in [0.2, 0.25) is 0 Å². The van der Waals surface area contributed by atoms with E-state index in [-0.39, 0.29) is 17.5 Å². The van der Waals surface area contributed by atoms with Gasteiger partial charge in [0.1, 0.15) is 11.6 Å². The molecular formula is C25H27NO3. The number of likely N-dealkylation sites (N-methyl/N-ethyl adjacent to an activating group) is 1. The normalized spacial score (nSPS) is 20.0. The lowest BCUT2D eigenvalue weighted by Crippen LogP contribution is -2.51. The van der Waals surface area contributed by atoms with E-state index in [2.05, 4.69) is 0 Å². The fourth-order valence-electron chi connectivity index (χ4n) is 5.20. The minimum absolute atomic E-state index is 0.0697. The van der Waals surface area contributed by atoms with E-state index in [0.717, 1.165) is 11.1 Å². The number of hydrogen-bond acceptors (Lipinski definition) is 3. The number of hydrogen-bond donors (Lipinski definition) is 0. The molecule has 2 fully saturated rings. The van der Waals surface area contributed by atoms with Crippen LogP contribution in [0.5, 0.6) is 0 Å². The molecular weight excluding hydrogens is 362 g/mol. The first kappa shape index (κ1) is 19.6. The summed E-state index contributed by atoms with van der Waals surface area (Å²) in [6.45, 7) is 0.539. The molecule has 1 spiro atoms. The first-order valence-electron chi connectivity index (χ1n) is 10.4. The molecule has 150 valence electrons. The van der Waals surface area contributed by atoms with Crippen molar-refractivity contribution in [2.24, 2.45) is 5.41 Å². The van der Waals surface area contributed by atoms with E-state index in [1.54, 1.807) is 4.90 Å². The monoisotopic (exact) mass is 389 g/mol. The van der Waals surface area contributed by atoms with Gasteiger partial charge < -0.3 is 4.90 Å². The molecule has 0 unspecified atom stereocenters. The molecule has 0 aromatic heterocycles. The average Bonchev–Trinajstić information content (AvgIpc) is 3.03. The van der Waals surface area contributed by atoms with Crippen molar-refractivity contribution >= 4 is 17.5 Å². The summed E-state index contributed by atoms with van der Waals surface area (Å²) in [6.07, 6.45) is 2.74. The minimum Gasteiger partial charge on any atom is -0.341 e. The van der Waals surface area contributed by atoms with Gasteiger partial charge in [-0.15, -0.1) is 0 Å². The molecule has 2 aliphatic carbocycles. The van der Waals surface area contributed by atoms with E-state index in [4.69, 9.17) is 0 Å². The number of benzene rings is 2. The topological polar surface area (TPSA) is 54.5 Å². The van der Waals surface area contributed by atoms with Crippen LogP contribution in [0, 0.1) is 5.41 Å². The molecule has 4 rings (SSSR count). The van der Waals surface area contributed by atoms with Crippen LogP contribution in [0.25, 0.3) is 0 Å². The predicted molar refractivity (Wildman–Crippen MR) is 111 cm³/mol. The van der Waals surface area contributed by atoms with Crippen molar-refractivity contribution in [2.45, 2.75) is 50.5 Å². The third-order valence-electron chi connectivity index (χ3n) is 6.95. The van der Waals surface area contributed by atoms with Crippen LogP contribution < -0.4 is 0 Å². The van der Waals surface area contributed by atoms with E-state index in [1.807, 2.05) is 67.7 Å². The summed E-state index contributed by atoms with van der Waals surface area (Å²) in [5.41, 5.74) is 0.549.